The van der Waals surface area contributed by atoms with Gasteiger partial charge in [-0.1, -0.05) is 32.9 Å². The summed E-state index contributed by atoms with van der Waals surface area (Å²) in [7, 11) is 0. The van der Waals surface area contributed by atoms with Crippen LogP contribution in [0.3, 0.4) is 0 Å². The predicted molar refractivity (Wildman–Crippen MR) is 99.2 cm³/mol. The molecule has 0 bridgehead atoms. The van der Waals surface area contributed by atoms with Crippen molar-refractivity contribution in [1.82, 2.24) is 10.2 Å². The lowest BCUT2D eigenvalue weighted by Crippen LogP contribution is -2.33. The zero-order valence-corrected chi connectivity index (χ0v) is 15.9. The van der Waals surface area contributed by atoms with Crippen LogP contribution in [-0.2, 0) is 15.0 Å². The maximum Gasteiger partial charge on any atom is 0.232 e. The lowest BCUT2D eigenvalue weighted by atomic mass is 9.87. The molecule has 1 fully saturated rings. The summed E-state index contributed by atoms with van der Waals surface area (Å²) in [5, 5.41) is 2.84. The molecule has 1 heterocycles. The summed E-state index contributed by atoms with van der Waals surface area (Å²) < 4.78 is 0. The smallest absolute Gasteiger partial charge is 0.232 e. The van der Waals surface area contributed by atoms with E-state index in [1.807, 2.05) is 4.90 Å². The van der Waals surface area contributed by atoms with Crippen molar-refractivity contribution < 1.29 is 9.59 Å². The third-order valence-corrected chi connectivity index (χ3v) is 5.36. The Morgan fingerprint density at radius 2 is 1.92 bits per heavy atom. The van der Waals surface area contributed by atoms with Gasteiger partial charge in [0.05, 0.1) is 5.75 Å². The summed E-state index contributed by atoms with van der Waals surface area (Å²) >= 11 is 1.59. The van der Waals surface area contributed by atoms with Crippen LogP contribution in [0.4, 0.5) is 0 Å². The summed E-state index contributed by atoms with van der Waals surface area (Å²) in [4.78, 5) is 26.4. The zero-order valence-electron chi connectivity index (χ0n) is 15.1. The Kier molecular flexibility index (Phi) is 6.33. The van der Waals surface area contributed by atoms with Gasteiger partial charge >= 0.3 is 0 Å². The first-order valence-corrected chi connectivity index (χ1v) is 9.50. The second-order valence-electron chi connectivity index (χ2n) is 7.49. The van der Waals surface area contributed by atoms with Gasteiger partial charge in [-0.2, -0.15) is 0 Å². The van der Waals surface area contributed by atoms with Crippen LogP contribution in [0.2, 0.25) is 0 Å². The second kappa shape index (κ2) is 8.06. The van der Waals surface area contributed by atoms with Crippen LogP contribution in [0, 0.1) is 5.92 Å². The van der Waals surface area contributed by atoms with Gasteiger partial charge in [-0.05, 0) is 35.4 Å². The van der Waals surface area contributed by atoms with Crippen LogP contribution in [0.25, 0.3) is 0 Å². The first-order chi connectivity index (χ1) is 11.3. The number of hydrogen-bond acceptors (Lipinski definition) is 3. The molecule has 24 heavy (non-hydrogen) atoms. The van der Waals surface area contributed by atoms with E-state index in [2.05, 4.69) is 50.4 Å². The first-order valence-electron chi connectivity index (χ1n) is 8.51. The van der Waals surface area contributed by atoms with Crippen LogP contribution in [0.1, 0.15) is 39.7 Å². The molecule has 1 aromatic rings. The van der Waals surface area contributed by atoms with E-state index in [4.69, 9.17) is 0 Å². The number of thioether (sulfide) groups is 1. The standard InChI is InChI=1S/C19H28N2O2S/c1-14(22)20-11-15-9-10-21(12-15)18(23)13-24-17-7-5-16(6-8-17)19(2,3)4/h5-8,15H,9-13H2,1-4H3,(H,20,22)/t15-/m0/s1. The molecular weight excluding hydrogens is 320 g/mol. The Bertz CT molecular complexity index is 578. The molecule has 0 saturated carbocycles. The van der Waals surface area contributed by atoms with E-state index >= 15 is 0 Å². The van der Waals surface area contributed by atoms with Crippen LogP contribution in [-0.4, -0.2) is 42.1 Å². The normalized spacial score (nSPS) is 17.8. The van der Waals surface area contributed by atoms with Gasteiger partial charge < -0.3 is 10.2 Å². The highest BCUT2D eigenvalue weighted by molar-refractivity contribution is 8.00. The molecule has 1 saturated heterocycles. The molecule has 1 aromatic carbocycles. The quantitative estimate of drug-likeness (QED) is 0.832. The number of benzene rings is 1. The lowest BCUT2D eigenvalue weighted by Gasteiger charge is -2.19. The minimum absolute atomic E-state index is 0.00552. The van der Waals surface area contributed by atoms with Gasteiger partial charge in [0.1, 0.15) is 0 Å². The summed E-state index contributed by atoms with van der Waals surface area (Å²) in [5.41, 5.74) is 1.45. The molecule has 0 unspecified atom stereocenters. The summed E-state index contributed by atoms with van der Waals surface area (Å²) in [6.07, 6.45) is 0.969. The molecule has 1 N–H and O–H groups in total. The average molecular weight is 349 g/mol. The number of rotatable bonds is 5. The number of nitrogens with zero attached hydrogens (tertiary/aromatic N) is 1. The minimum atomic E-state index is -0.00552. The summed E-state index contributed by atoms with van der Waals surface area (Å²) in [6, 6.07) is 8.49. The van der Waals surface area contributed by atoms with E-state index in [1.165, 1.54) is 12.5 Å². The van der Waals surface area contributed by atoms with Crippen LogP contribution in [0.5, 0.6) is 0 Å². The van der Waals surface area contributed by atoms with Gasteiger partial charge in [0, 0.05) is 31.5 Å². The topological polar surface area (TPSA) is 49.4 Å². The van der Waals surface area contributed by atoms with Crippen LogP contribution in [0.15, 0.2) is 29.2 Å². The van der Waals surface area contributed by atoms with Crippen LogP contribution >= 0.6 is 11.8 Å². The van der Waals surface area contributed by atoms with Gasteiger partial charge in [-0.3, -0.25) is 9.59 Å². The van der Waals surface area contributed by atoms with Crippen molar-refractivity contribution in [3.63, 3.8) is 0 Å². The number of carbonyl (C=O) groups excluding carboxylic acids is 2. The Morgan fingerprint density at radius 1 is 1.25 bits per heavy atom. The molecule has 4 nitrogen and oxygen atoms in total. The molecule has 132 valence electrons. The lowest BCUT2D eigenvalue weighted by molar-refractivity contribution is -0.127. The Labute approximate surface area is 149 Å². The highest BCUT2D eigenvalue weighted by atomic mass is 32.2. The summed E-state index contributed by atoms with van der Waals surface area (Å²) in [6.45, 7) is 10.3. The van der Waals surface area contributed by atoms with E-state index in [0.717, 1.165) is 24.4 Å². The number of amides is 2. The molecule has 5 heteroatoms. The zero-order chi connectivity index (χ0) is 17.7. The Hall–Kier alpha value is -1.49. The summed E-state index contributed by atoms with van der Waals surface area (Å²) in [5.74, 6) is 1.04. The molecule has 2 amide bonds. The molecule has 1 aliphatic rings. The Morgan fingerprint density at radius 3 is 2.50 bits per heavy atom. The largest absolute Gasteiger partial charge is 0.356 e. The maximum atomic E-state index is 12.3. The fraction of sp³-hybridized carbons (Fsp3) is 0.579. The van der Waals surface area contributed by atoms with Crippen molar-refractivity contribution >= 4 is 23.6 Å². The van der Waals surface area contributed by atoms with Crippen molar-refractivity contribution in [3.05, 3.63) is 29.8 Å². The van der Waals surface area contributed by atoms with E-state index in [0.29, 0.717) is 18.2 Å². The van der Waals surface area contributed by atoms with E-state index in [9.17, 15) is 9.59 Å². The van der Waals surface area contributed by atoms with Crippen LogP contribution < -0.4 is 5.32 Å². The van der Waals surface area contributed by atoms with Crippen molar-refractivity contribution in [2.75, 3.05) is 25.4 Å². The number of likely N-dealkylation sites (tertiary alicyclic amines) is 1. The monoisotopic (exact) mass is 348 g/mol. The molecule has 1 aliphatic heterocycles. The first kappa shape index (κ1) is 18.8. The van der Waals surface area contributed by atoms with Gasteiger partial charge in [-0.15, -0.1) is 11.8 Å². The molecule has 1 atom stereocenters. The fourth-order valence-corrected chi connectivity index (χ4v) is 3.60. The maximum absolute atomic E-state index is 12.3. The van der Waals surface area contributed by atoms with Gasteiger partial charge in [0.2, 0.25) is 11.8 Å². The van der Waals surface area contributed by atoms with Crippen molar-refractivity contribution in [1.29, 1.82) is 0 Å². The minimum Gasteiger partial charge on any atom is -0.356 e. The predicted octanol–water partition coefficient (Wildman–Crippen LogP) is 3.06. The van der Waals surface area contributed by atoms with Gasteiger partial charge in [-0.25, -0.2) is 0 Å². The van der Waals surface area contributed by atoms with Crippen molar-refractivity contribution in [3.8, 4) is 0 Å². The van der Waals surface area contributed by atoms with E-state index in [1.54, 1.807) is 11.8 Å². The number of carbonyl (C=O) groups is 2. The van der Waals surface area contributed by atoms with Crippen molar-refractivity contribution in [2.45, 2.75) is 44.4 Å². The average Bonchev–Trinajstić information content (AvgIpc) is 2.99. The van der Waals surface area contributed by atoms with Gasteiger partial charge in [0.25, 0.3) is 0 Å². The van der Waals surface area contributed by atoms with Gasteiger partial charge in [0.15, 0.2) is 0 Å². The molecule has 0 spiro atoms. The second-order valence-corrected chi connectivity index (χ2v) is 8.54. The highest BCUT2D eigenvalue weighted by Gasteiger charge is 2.26. The van der Waals surface area contributed by atoms with E-state index < -0.39 is 0 Å². The SMILES string of the molecule is CC(=O)NC[C@@H]1CCN(C(=O)CSc2ccc(C(C)(C)C)cc2)C1. The molecule has 0 radical (unpaired) electrons. The number of nitrogens with one attached hydrogen (secondary N) is 1. The third kappa shape index (κ3) is 5.55. The molecule has 0 aliphatic carbocycles. The molecular formula is C19H28N2O2S. The fourth-order valence-electron chi connectivity index (χ4n) is 2.80. The highest BCUT2D eigenvalue weighted by Crippen LogP contribution is 2.26. The number of hydrogen-bond donors (Lipinski definition) is 1. The van der Waals surface area contributed by atoms with Crippen molar-refractivity contribution in [2.24, 2.45) is 5.92 Å². The van der Waals surface area contributed by atoms with E-state index in [-0.39, 0.29) is 17.2 Å². The third-order valence-electron chi connectivity index (χ3n) is 4.36. The molecule has 0 aromatic heterocycles. The Balaban J connectivity index is 1.78. The molecule has 2 rings (SSSR count).